The molecule has 3 rings (SSSR count). The first-order valence-corrected chi connectivity index (χ1v) is 9.80. The van der Waals surface area contributed by atoms with Gasteiger partial charge in [-0.05, 0) is 51.1 Å². The molecule has 1 atom stereocenters. The van der Waals surface area contributed by atoms with Gasteiger partial charge in [-0.15, -0.1) is 0 Å². The predicted octanol–water partition coefficient (Wildman–Crippen LogP) is 3.76. The first-order valence-electron chi connectivity index (χ1n) is 9.80. The molecule has 1 fully saturated rings. The smallest absolute Gasteiger partial charge is 0.321 e. The number of nitrogens with one attached hydrogen (secondary N) is 1. The number of nitrogens with zero attached hydrogens (tertiary/aromatic N) is 3. The van der Waals surface area contributed by atoms with E-state index in [9.17, 15) is 10.1 Å². The van der Waals surface area contributed by atoms with Crippen molar-refractivity contribution in [2.24, 2.45) is 0 Å². The van der Waals surface area contributed by atoms with Crippen molar-refractivity contribution in [1.82, 2.24) is 10.2 Å². The molecule has 1 N–H and O–H groups in total. The van der Waals surface area contributed by atoms with Gasteiger partial charge in [-0.1, -0.05) is 42.5 Å². The van der Waals surface area contributed by atoms with Gasteiger partial charge in [-0.2, -0.15) is 5.26 Å². The summed E-state index contributed by atoms with van der Waals surface area (Å²) in [6.45, 7) is 2.13. The van der Waals surface area contributed by atoms with E-state index in [-0.39, 0.29) is 11.4 Å². The maximum atomic E-state index is 12.9. The van der Waals surface area contributed by atoms with Gasteiger partial charge >= 0.3 is 6.03 Å². The minimum atomic E-state index is -0.128. The zero-order valence-corrected chi connectivity index (χ0v) is 16.7. The van der Waals surface area contributed by atoms with Gasteiger partial charge in [0, 0.05) is 25.0 Å². The van der Waals surface area contributed by atoms with Gasteiger partial charge in [0.1, 0.15) is 6.07 Å². The highest BCUT2D eigenvalue weighted by Crippen LogP contribution is 2.35. The summed E-state index contributed by atoms with van der Waals surface area (Å²) < 4.78 is 0. The van der Waals surface area contributed by atoms with Crippen LogP contribution >= 0.6 is 0 Å². The van der Waals surface area contributed by atoms with Crippen molar-refractivity contribution in [3.05, 3.63) is 65.7 Å². The number of benzene rings is 2. The molecule has 1 saturated heterocycles. The van der Waals surface area contributed by atoms with E-state index in [4.69, 9.17) is 0 Å². The lowest BCUT2D eigenvalue weighted by atomic mass is 9.73. The molecule has 0 saturated carbocycles. The normalized spacial score (nSPS) is 20.6. The molecule has 28 heavy (non-hydrogen) atoms. The Morgan fingerprint density at radius 3 is 2.54 bits per heavy atom. The van der Waals surface area contributed by atoms with E-state index < -0.39 is 0 Å². The van der Waals surface area contributed by atoms with Crippen molar-refractivity contribution >= 4 is 11.7 Å². The third-order valence-electron chi connectivity index (χ3n) is 5.48. The van der Waals surface area contributed by atoms with Crippen molar-refractivity contribution in [2.45, 2.75) is 24.7 Å². The largest absolute Gasteiger partial charge is 0.338 e. The molecule has 1 heterocycles. The predicted molar refractivity (Wildman–Crippen MR) is 112 cm³/mol. The standard InChI is InChI=1S/C23H28N4O/c1-26(2)18-23(20-10-4-3-5-11-20)13-8-16-27(22(28)25-15-14-23)21-12-7-6-9-19(21)17-24/h3-7,9-12H,8,13-16,18H2,1-2H3,(H,25,28)/t23-/m1/s1. The van der Waals surface area contributed by atoms with Gasteiger partial charge in [0.05, 0.1) is 11.3 Å². The Kier molecular flexibility index (Phi) is 6.33. The number of hydrogen-bond acceptors (Lipinski definition) is 3. The van der Waals surface area contributed by atoms with E-state index in [0.717, 1.165) is 25.8 Å². The van der Waals surface area contributed by atoms with E-state index in [1.165, 1.54) is 5.56 Å². The van der Waals surface area contributed by atoms with E-state index in [2.05, 4.69) is 54.6 Å². The summed E-state index contributed by atoms with van der Waals surface area (Å²) in [5.74, 6) is 0. The Labute approximate surface area is 167 Å². The molecule has 2 amide bonds. The van der Waals surface area contributed by atoms with Crippen molar-refractivity contribution < 1.29 is 4.79 Å². The molecule has 146 valence electrons. The van der Waals surface area contributed by atoms with E-state index in [1.54, 1.807) is 11.0 Å². The monoisotopic (exact) mass is 376 g/mol. The van der Waals surface area contributed by atoms with Gasteiger partial charge in [-0.25, -0.2) is 4.79 Å². The first kappa shape index (κ1) is 19.9. The van der Waals surface area contributed by atoms with Crippen LogP contribution in [0.3, 0.4) is 0 Å². The summed E-state index contributed by atoms with van der Waals surface area (Å²) in [6, 6.07) is 20.0. The summed E-state index contributed by atoms with van der Waals surface area (Å²) in [4.78, 5) is 16.8. The van der Waals surface area contributed by atoms with Gasteiger partial charge in [0.15, 0.2) is 0 Å². The molecule has 5 heteroatoms. The average Bonchev–Trinajstić information content (AvgIpc) is 2.78. The molecule has 0 spiro atoms. The minimum absolute atomic E-state index is 0.0111. The Hall–Kier alpha value is -2.84. The molecule has 2 aromatic rings. The molecule has 2 aromatic carbocycles. The summed E-state index contributed by atoms with van der Waals surface area (Å²) in [7, 11) is 4.21. The lowest BCUT2D eigenvalue weighted by Crippen LogP contribution is -2.42. The molecule has 5 nitrogen and oxygen atoms in total. The zero-order chi connectivity index (χ0) is 20.0. The van der Waals surface area contributed by atoms with Crippen molar-refractivity contribution in [1.29, 1.82) is 5.26 Å². The molecule has 0 aliphatic carbocycles. The van der Waals surface area contributed by atoms with Gasteiger partial charge in [0.25, 0.3) is 0 Å². The molecule has 1 aliphatic rings. The molecule has 0 bridgehead atoms. The van der Waals surface area contributed by atoms with Crippen LogP contribution in [0.25, 0.3) is 0 Å². The van der Waals surface area contributed by atoms with Crippen molar-refractivity contribution in [3.63, 3.8) is 0 Å². The Morgan fingerprint density at radius 2 is 1.82 bits per heavy atom. The molecular weight excluding hydrogens is 348 g/mol. The van der Waals surface area contributed by atoms with Crippen LogP contribution in [0.1, 0.15) is 30.4 Å². The second kappa shape index (κ2) is 8.90. The molecule has 0 unspecified atom stereocenters. The number of nitriles is 1. The lowest BCUT2D eigenvalue weighted by Gasteiger charge is -2.37. The molecule has 0 aromatic heterocycles. The number of urea groups is 1. The highest BCUT2D eigenvalue weighted by atomic mass is 16.2. The number of rotatable bonds is 4. The molecule has 0 radical (unpaired) electrons. The zero-order valence-electron chi connectivity index (χ0n) is 16.7. The average molecular weight is 377 g/mol. The Morgan fingerprint density at radius 1 is 1.11 bits per heavy atom. The highest BCUT2D eigenvalue weighted by molar-refractivity contribution is 5.93. The maximum absolute atomic E-state index is 12.9. The van der Waals surface area contributed by atoms with Crippen LogP contribution in [0.5, 0.6) is 0 Å². The van der Waals surface area contributed by atoms with Crippen LogP contribution in [0.15, 0.2) is 54.6 Å². The molecule has 1 aliphatic heterocycles. The number of anilines is 1. The van der Waals surface area contributed by atoms with Gasteiger partial charge in [-0.3, -0.25) is 4.90 Å². The summed E-state index contributed by atoms with van der Waals surface area (Å²) >= 11 is 0. The van der Waals surface area contributed by atoms with E-state index in [1.807, 2.05) is 24.3 Å². The third-order valence-corrected chi connectivity index (χ3v) is 5.48. The number of likely N-dealkylation sites (N-methyl/N-ethyl adjacent to an activating group) is 1. The maximum Gasteiger partial charge on any atom is 0.321 e. The third kappa shape index (κ3) is 4.35. The number of carbonyl (C=O) groups excluding carboxylic acids is 1. The summed E-state index contributed by atoms with van der Waals surface area (Å²) in [5.41, 5.74) is 2.52. The fourth-order valence-electron chi connectivity index (χ4n) is 4.27. The highest BCUT2D eigenvalue weighted by Gasteiger charge is 2.34. The van der Waals surface area contributed by atoms with E-state index >= 15 is 0 Å². The Balaban J connectivity index is 1.90. The quantitative estimate of drug-likeness (QED) is 0.884. The SMILES string of the molecule is CN(C)C[C@@]1(c2ccccc2)CCCN(c2ccccc2C#N)C(=O)NCC1. The second-order valence-electron chi connectivity index (χ2n) is 7.75. The fraction of sp³-hybridized carbons (Fsp3) is 0.391. The van der Waals surface area contributed by atoms with E-state index in [0.29, 0.717) is 24.3 Å². The van der Waals surface area contributed by atoms with Crippen LogP contribution < -0.4 is 10.2 Å². The summed E-state index contributed by atoms with van der Waals surface area (Å²) in [5, 5.41) is 12.5. The minimum Gasteiger partial charge on any atom is -0.338 e. The molecular formula is C23H28N4O. The van der Waals surface area contributed by atoms with Crippen LogP contribution in [0, 0.1) is 11.3 Å². The number of para-hydroxylation sites is 1. The van der Waals surface area contributed by atoms with Crippen LogP contribution in [-0.2, 0) is 5.41 Å². The van der Waals surface area contributed by atoms with Crippen molar-refractivity contribution in [3.8, 4) is 6.07 Å². The van der Waals surface area contributed by atoms with Crippen molar-refractivity contribution in [2.75, 3.05) is 38.6 Å². The number of carbonyl (C=O) groups is 1. The topological polar surface area (TPSA) is 59.4 Å². The first-order chi connectivity index (χ1) is 13.6. The number of amides is 2. The summed E-state index contributed by atoms with van der Waals surface area (Å²) in [6.07, 6.45) is 2.74. The van der Waals surface area contributed by atoms with Gasteiger partial charge in [0.2, 0.25) is 0 Å². The Bertz CT molecular complexity index is 843. The van der Waals surface area contributed by atoms with Crippen LogP contribution in [-0.4, -0.2) is 44.7 Å². The number of hydrogen-bond donors (Lipinski definition) is 1. The fourth-order valence-corrected chi connectivity index (χ4v) is 4.27. The second-order valence-corrected chi connectivity index (χ2v) is 7.75. The van der Waals surface area contributed by atoms with Crippen LogP contribution in [0.2, 0.25) is 0 Å². The van der Waals surface area contributed by atoms with Gasteiger partial charge < -0.3 is 10.2 Å². The lowest BCUT2D eigenvalue weighted by molar-refractivity contribution is 0.241. The van der Waals surface area contributed by atoms with Crippen LogP contribution in [0.4, 0.5) is 10.5 Å².